The van der Waals surface area contributed by atoms with Gasteiger partial charge in [-0.3, -0.25) is 4.79 Å². The number of rotatable bonds is 4. The Morgan fingerprint density at radius 1 is 0.958 bits per heavy atom. The molecule has 1 amide bonds. The van der Waals surface area contributed by atoms with E-state index in [1.165, 1.54) is 0 Å². The highest BCUT2D eigenvalue weighted by molar-refractivity contribution is 5.94. The van der Waals surface area contributed by atoms with Crippen molar-refractivity contribution in [3.05, 3.63) is 95.6 Å². The number of pyridine rings is 1. The summed E-state index contributed by atoms with van der Waals surface area (Å²) < 4.78 is 7.06. The Bertz CT molecular complexity index is 881. The van der Waals surface area contributed by atoms with Crippen LogP contribution in [0.1, 0.15) is 15.9 Å². The first-order valence-corrected chi connectivity index (χ1v) is 7.69. The van der Waals surface area contributed by atoms with E-state index in [9.17, 15) is 4.79 Å². The van der Waals surface area contributed by atoms with Gasteiger partial charge in [-0.1, -0.05) is 36.4 Å². The van der Waals surface area contributed by atoms with Gasteiger partial charge in [-0.2, -0.15) is 4.99 Å². The summed E-state index contributed by atoms with van der Waals surface area (Å²) in [4.78, 5) is 16.7. The SMILES string of the molecule is COc1ccc(C(=O)N=c2ccccn2Cc2ccccc2)cc1. The van der Waals surface area contributed by atoms with Gasteiger partial charge in [-0.15, -0.1) is 0 Å². The molecule has 4 nitrogen and oxygen atoms in total. The van der Waals surface area contributed by atoms with Crippen molar-refractivity contribution in [3.63, 3.8) is 0 Å². The Morgan fingerprint density at radius 2 is 1.67 bits per heavy atom. The third-order valence-corrected chi connectivity index (χ3v) is 3.67. The van der Waals surface area contributed by atoms with Crippen LogP contribution in [0.15, 0.2) is 84.0 Å². The zero-order chi connectivity index (χ0) is 16.8. The summed E-state index contributed by atoms with van der Waals surface area (Å²) in [5.74, 6) is 0.441. The fraction of sp³-hybridized carbons (Fsp3) is 0.100. The fourth-order valence-electron chi connectivity index (χ4n) is 2.38. The summed E-state index contributed by atoms with van der Waals surface area (Å²) in [7, 11) is 1.59. The lowest BCUT2D eigenvalue weighted by atomic mass is 10.2. The molecule has 0 aliphatic heterocycles. The van der Waals surface area contributed by atoms with Crippen molar-refractivity contribution in [1.29, 1.82) is 0 Å². The lowest BCUT2D eigenvalue weighted by Gasteiger charge is -2.07. The topological polar surface area (TPSA) is 43.6 Å². The lowest BCUT2D eigenvalue weighted by molar-refractivity contribution is 0.0997. The molecule has 1 aromatic heterocycles. The zero-order valence-electron chi connectivity index (χ0n) is 13.4. The van der Waals surface area contributed by atoms with Gasteiger partial charge in [0.1, 0.15) is 11.2 Å². The molecular weight excluding hydrogens is 300 g/mol. The Morgan fingerprint density at radius 3 is 2.38 bits per heavy atom. The molecule has 0 aliphatic carbocycles. The minimum absolute atomic E-state index is 0.273. The molecule has 0 bridgehead atoms. The van der Waals surface area contributed by atoms with Crippen LogP contribution in [0, 0.1) is 0 Å². The Balaban J connectivity index is 1.90. The first kappa shape index (κ1) is 15.7. The fourth-order valence-corrected chi connectivity index (χ4v) is 2.38. The first-order chi connectivity index (χ1) is 11.8. The quantitative estimate of drug-likeness (QED) is 0.741. The van der Waals surface area contributed by atoms with Crippen molar-refractivity contribution >= 4 is 5.91 Å². The number of ether oxygens (including phenoxy) is 1. The van der Waals surface area contributed by atoms with Crippen LogP contribution in [0.4, 0.5) is 0 Å². The second-order valence-corrected chi connectivity index (χ2v) is 5.32. The smallest absolute Gasteiger partial charge is 0.278 e. The van der Waals surface area contributed by atoms with Gasteiger partial charge >= 0.3 is 0 Å². The van der Waals surface area contributed by atoms with Crippen LogP contribution in [0.25, 0.3) is 0 Å². The molecule has 0 spiro atoms. The van der Waals surface area contributed by atoms with Gasteiger partial charge in [-0.05, 0) is 42.0 Å². The number of benzene rings is 2. The van der Waals surface area contributed by atoms with Crippen molar-refractivity contribution in [2.45, 2.75) is 6.54 Å². The van der Waals surface area contributed by atoms with E-state index in [1.54, 1.807) is 31.4 Å². The number of aromatic nitrogens is 1. The normalized spacial score (nSPS) is 11.3. The van der Waals surface area contributed by atoms with E-state index < -0.39 is 0 Å². The molecule has 0 unspecified atom stereocenters. The lowest BCUT2D eigenvalue weighted by Crippen LogP contribution is -2.22. The highest BCUT2D eigenvalue weighted by Gasteiger charge is 2.04. The van der Waals surface area contributed by atoms with Gasteiger partial charge in [0, 0.05) is 18.3 Å². The van der Waals surface area contributed by atoms with Crippen LogP contribution in [0.2, 0.25) is 0 Å². The zero-order valence-corrected chi connectivity index (χ0v) is 13.4. The Kier molecular flexibility index (Phi) is 4.87. The van der Waals surface area contributed by atoms with E-state index in [0.717, 1.165) is 5.56 Å². The highest BCUT2D eigenvalue weighted by Crippen LogP contribution is 2.11. The van der Waals surface area contributed by atoms with E-state index in [2.05, 4.69) is 17.1 Å². The molecule has 120 valence electrons. The summed E-state index contributed by atoms with van der Waals surface area (Å²) in [5.41, 5.74) is 2.31. The number of amides is 1. The molecule has 24 heavy (non-hydrogen) atoms. The maximum Gasteiger partial charge on any atom is 0.278 e. The number of hydrogen-bond donors (Lipinski definition) is 0. The van der Waals surface area contributed by atoms with Crippen LogP contribution in [-0.2, 0) is 6.54 Å². The van der Waals surface area contributed by atoms with E-state index in [0.29, 0.717) is 23.3 Å². The molecule has 3 aromatic rings. The Hall–Kier alpha value is -3.14. The van der Waals surface area contributed by atoms with E-state index in [4.69, 9.17) is 4.74 Å². The molecule has 0 saturated heterocycles. The molecule has 0 aliphatic rings. The van der Waals surface area contributed by atoms with Crippen LogP contribution in [0.3, 0.4) is 0 Å². The van der Waals surface area contributed by atoms with Crippen LogP contribution < -0.4 is 10.2 Å². The van der Waals surface area contributed by atoms with E-state index in [-0.39, 0.29) is 5.91 Å². The highest BCUT2D eigenvalue weighted by atomic mass is 16.5. The molecule has 0 N–H and O–H groups in total. The standard InChI is InChI=1S/C20H18N2O2/c1-24-18-12-10-17(11-13-18)20(23)21-19-9-5-6-14-22(19)15-16-7-3-2-4-8-16/h2-14H,15H2,1H3. The van der Waals surface area contributed by atoms with Gasteiger partial charge in [0.25, 0.3) is 5.91 Å². The molecule has 0 radical (unpaired) electrons. The van der Waals surface area contributed by atoms with Crippen molar-refractivity contribution in [2.24, 2.45) is 4.99 Å². The van der Waals surface area contributed by atoms with Gasteiger partial charge < -0.3 is 9.30 Å². The molecule has 0 saturated carbocycles. The van der Waals surface area contributed by atoms with E-state index in [1.807, 2.05) is 47.2 Å². The van der Waals surface area contributed by atoms with Gasteiger partial charge in [-0.25, -0.2) is 0 Å². The minimum Gasteiger partial charge on any atom is -0.497 e. The Labute approximate surface area is 140 Å². The van der Waals surface area contributed by atoms with Crippen molar-refractivity contribution in [3.8, 4) is 5.75 Å². The summed E-state index contributed by atoms with van der Waals surface area (Å²) in [5, 5.41) is 0. The molecule has 2 aromatic carbocycles. The van der Waals surface area contributed by atoms with E-state index >= 15 is 0 Å². The van der Waals surface area contributed by atoms with Crippen molar-refractivity contribution in [2.75, 3.05) is 7.11 Å². The number of nitrogens with zero attached hydrogens (tertiary/aromatic N) is 2. The molecule has 4 heteroatoms. The molecular formula is C20H18N2O2. The largest absolute Gasteiger partial charge is 0.497 e. The molecule has 0 atom stereocenters. The van der Waals surface area contributed by atoms with Crippen LogP contribution in [0.5, 0.6) is 5.75 Å². The number of carbonyl (C=O) groups is 1. The second kappa shape index (κ2) is 7.42. The molecule has 3 rings (SSSR count). The first-order valence-electron chi connectivity index (χ1n) is 7.69. The second-order valence-electron chi connectivity index (χ2n) is 5.32. The number of carbonyl (C=O) groups excluding carboxylic acids is 1. The summed E-state index contributed by atoms with van der Waals surface area (Å²) >= 11 is 0. The maximum atomic E-state index is 12.4. The summed E-state index contributed by atoms with van der Waals surface area (Å²) in [6.45, 7) is 0.663. The predicted molar refractivity (Wildman–Crippen MR) is 92.9 cm³/mol. The monoisotopic (exact) mass is 318 g/mol. The average molecular weight is 318 g/mol. The number of hydrogen-bond acceptors (Lipinski definition) is 2. The van der Waals surface area contributed by atoms with Gasteiger partial charge in [0.05, 0.1) is 7.11 Å². The van der Waals surface area contributed by atoms with Gasteiger partial charge in [0.2, 0.25) is 0 Å². The van der Waals surface area contributed by atoms with Crippen LogP contribution in [-0.4, -0.2) is 17.6 Å². The maximum absolute atomic E-state index is 12.4. The minimum atomic E-state index is -0.273. The summed E-state index contributed by atoms with van der Waals surface area (Å²) in [6.07, 6.45) is 1.92. The third kappa shape index (κ3) is 3.79. The third-order valence-electron chi connectivity index (χ3n) is 3.67. The predicted octanol–water partition coefficient (Wildman–Crippen LogP) is 3.29. The van der Waals surface area contributed by atoms with Crippen molar-refractivity contribution < 1.29 is 9.53 Å². The average Bonchev–Trinajstić information content (AvgIpc) is 2.64. The summed E-state index contributed by atoms with van der Waals surface area (Å²) in [6, 6.07) is 22.7. The van der Waals surface area contributed by atoms with Crippen LogP contribution >= 0.6 is 0 Å². The molecule has 0 fully saturated rings. The van der Waals surface area contributed by atoms with Gasteiger partial charge in [0.15, 0.2) is 0 Å². The number of methoxy groups -OCH3 is 1. The molecule has 1 heterocycles. The van der Waals surface area contributed by atoms with Crippen molar-refractivity contribution in [1.82, 2.24) is 4.57 Å².